The van der Waals surface area contributed by atoms with Crippen LogP contribution in [0.4, 0.5) is 0 Å². The Labute approximate surface area is 117 Å². The third kappa shape index (κ3) is 3.46. The number of benzene rings is 1. The van der Waals surface area contributed by atoms with E-state index in [2.05, 4.69) is 40.1 Å². The average molecular weight is 313 g/mol. The number of aromatic hydroxyl groups is 1. The number of piperidine rings is 1. The van der Waals surface area contributed by atoms with Gasteiger partial charge in [0.1, 0.15) is 5.75 Å². The summed E-state index contributed by atoms with van der Waals surface area (Å²) < 4.78 is 1.01. The standard InChI is InChI=1S/C14H21BrN2O/c1-10-9-17(2)6-5-13(10)16-8-11-7-12(15)3-4-14(11)18/h3-4,7,10,13,16,18H,5-6,8-9H2,1-2H3. The van der Waals surface area contributed by atoms with Crippen LogP contribution < -0.4 is 5.32 Å². The highest BCUT2D eigenvalue weighted by Gasteiger charge is 2.23. The second-order valence-electron chi connectivity index (χ2n) is 5.29. The fourth-order valence-corrected chi connectivity index (χ4v) is 3.00. The van der Waals surface area contributed by atoms with Crippen molar-refractivity contribution in [3.63, 3.8) is 0 Å². The number of hydrogen-bond acceptors (Lipinski definition) is 3. The Morgan fingerprint density at radius 2 is 2.28 bits per heavy atom. The molecule has 0 aliphatic carbocycles. The summed E-state index contributed by atoms with van der Waals surface area (Å²) in [6.45, 7) is 5.30. The zero-order chi connectivity index (χ0) is 13.1. The monoisotopic (exact) mass is 312 g/mol. The predicted molar refractivity (Wildman–Crippen MR) is 77.7 cm³/mol. The van der Waals surface area contributed by atoms with Crippen molar-refractivity contribution in [3.05, 3.63) is 28.2 Å². The van der Waals surface area contributed by atoms with Crippen LogP contribution in [-0.2, 0) is 6.54 Å². The molecule has 2 rings (SSSR count). The second-order valence-corrected chi connectivity index (χ2v) is 6.20. The van der Waals surface area contributed by atoms with E-state index in [4.69, 9.17) is 0 Å². The first-order valence-electron chi connectivity index (χ1n) is 6.45. The van der Waals surface area contributed by atoms with Crippen LogP contribution >= 0.6 is 15.9 Å². The smallest absolute Gasteiger partial charge is 0.120 e. The number of hydrogen-bond donors (Lipinski definition) is 2. The topological polar surface area (TPSA) is 35.5 Å². The molecule has 1 saturated heterocycles. The zero-order valence-corrected chi connectivity index (χ0v) is 12.6. The molecule has 2 N–H and O–H groups in total. The predicted octanol–water partition coefficient (Wildman–Crippen LogP) is 2.58. The van der Waals surface area contributed by atoms with E-state index in [1.165, 1.54) is 6.42 Å². The van der Waals surface area contributed by atoms with E-state index in [0.717, 1.165) is 29.7 Å². The maximum absolute atomic E-state index is 9.80. The van der Waals surface area contributed by atoms with Crippen molar-refractivity contribution in [2.45, 2.75) is 25.9 Å². The summed E-state index contributed by atoms with van der Waals surface area (Å²) in [6, 6.07) is 6.11. The first kappa shape index (κ1) is 13.8. The lowest BCUT2D eigenvalue weighted by molar-refractivity contribution is 0.174. The van der Waals surface area contributed by atoms with Crippen LogP contribution in [0.2, 0.25) is 0 Å². The summed E-state index contributed by atoms with van der Waals surface area (Å²) in [6.07, 6.45) is 1.17. The Kier molecular flexibility index (Phi) is 4.65. The van der Waals surface area contributed by atoms with Crippen LogP contribution in [0.15, 0.2) is 22.7 Å². The molecule has 0 spiro atoms. The lowest BCUT2D eigenvalue weighted by Crippen LogP contribution is -2.46. The van der Waals surface area contributed by atoms with Crippen LogP contribution in [0, 0.1) is 5.92 Å². The molecule has 1 fully saturated rings. The number of nitrogens with one attached hydrogen (secondary N) is 1. The molecular formula is C14H21BrN2O. The van der Waals surface area contributed by atoms with Crippen molar-refractivity contribution in [2.24, 2.45) is 5.92 Å². The SMILES string of the molecule is CC1CN(C)CCC1NCc1cc(Br)ccc1O. The van der Waals surface area contributed by atoms with Crippen molar-refractivity contribution in [2.75, 3.05) is 20.1 Å². The van der Waals surface area contributed by atoms with Gasteiger partial charge in [-0.25, -0.2) is 0 Å². The van der Waals surface area contributed by atoms with Gasteiger partial charge in [-0.1, -0.05) is 22.9 Å². The first-order valence-corrected chi connectivity index (χ1v) is 7.25. The summed E-state index contributed by atoms with van der Waals surface area (Å²) in [7, 11) is 2.17. The van der Waals surface area contributed by atoms with Gasteiger partial charge in [-0.15, -0.1) is 0 Å². The van der Waals surface area contributed by atoms with Gasteiger partial charge in [-0.2, -0.15) is 0 Å². The van der Waals surface area contributed by atoms with Gasteiger partial charge in [0.2, 0.25) is 0 Å². The molecule has 4 heteroatoms. The number of phenols is 1. The maximum Gasteiger partial charge on any atom is 0.120 e. The van der Waals surface area contributed by atoms with Crippen molar-refractivity contribution < 1.29 is 5.11 Å². The lowest BCUT2D eigenvalue weighted by Gasteiger charge is -2.35. The van der Waals surface area contributed by atoms with Crippen LogP contribution in [0.3, 0.4) is 0 Å². The Balaban J connectivity index is 1.93. The van der Waals surface area contributed by atoms with E-state index >= 15 is 0 Å². The van der Waals surface area contributed by atoms with Gasteiger partial charge in [-0.3, -0.25) is 0 Å². The first-order chi connectivity index (χ1) is 8.56. The number of nitrogens with zero attached hydrogens (tertiary/aromatic N) is 1. The number of phenolic OH excluding ortho intramolecular Hbond substituents is 1. The molecule has 0 saturated carbocycles. The van der Waals surface area contributed by atoms with Crippen LogP contribution in [0.5, 0.6) is 5.75 Å². The lowest BCUT2D eigenvalue weighted by atomic mass is 9.94. The largest absolute Gasteiger partial charge is 0.508 e. The Morgan fingerprint density at radius 1 is 1.50 bits per heavy atom. The minimum atomic E-state index is 0.367. The number of likely N-dealkylation sites (tertiary alicyclic amines) is 1. The van der Waals surface area contributed by atoms with Gasteiger partial charge in [-0.05, 0) is 44.1 Å². The highest BCUT2D eigenvalue weighted by molar-refractivity contribution is 9.10. The van der Waals surface area contributed by atoms with Crippen LogP contribution in [0.25, 0.3) is 0 Å². The highest BCUT2D eigenvalue weighted by atomic mass is 79.9. The average Bonchev–Trinajstić information content (AvgIpc) is 2.32. The number of rotatable bonds is 3. The van der Waals surface area contributed by atoms with Crippen molar-refractivity contribution in [3.8, 4) is 5.75 Å². The molecule has 1 aromatic rings. The summed E-state index contributed by atoms with van der Waals surface area (Å²) in [5.74, 6) is 1.02. The molecule has 0 radical (unpaired) electrons. The summed E-state index contributed by atoms with van der Waals surface area (Å²) in [5, 5.41) is 13.4. The van der Waals surface area contributed by atoms with Crippen molar-refractivity contribution in [1.82, 2.24) is 10.2 Å². The normalized spacial score (nSPS) is 25.3. The fourth-order valence-electron chi connectivity index (χ4n) is 2.59. The van der Waals surface area contributed by atoms with Gasteiger partial charge in [0.15, 0.2) is 0 Å². The second kappa shape index (κ2) is 6.04. The van der Waals surface area contributed by atoms with E-state index in [0.29, 0.717) is 17.7 Å². The maximum atomic E-state index is 9.80. The van der Waals surface area contributed by atoms with E-state index in [1.807, 2.05) is 12.1 Å². The van der Waals surface area contributed by atoms with Crippen LogP contribution in [0.1, 0.15) is 18.9 Å². The molecule has 0 bridgehead atoms. The Bertz CT molecular complexity index is 411. The molecule has 1 heterocycles. The van der Waals surface area contributed by atoms with Gasteiger partial charge in [0.25, 0.3) is 0 Å². The molecule has 2 atom stereocenters. The molecule has 0 amide bonds. The Morgan fingerprint density at radius 3 is 3.00 bits per heavy atom. The highest BCUT2D eigenvalue weighted by Crippen LogP contribution is 2.23. The molecule has 100 valence electrons. The summed E-state index contributed by atoms with van der Waals surface area (Å²) in [4.78, 5) is 2.37. The Hall–Kier alpha value is -0.580. The number of halogens is 1. The van der Waals surface area contributed by atoms with Gasteiger partial charge >= 0.3 is 0 Å². The fraction of sp³-hybridized carbons (Fsp3) is 0.571. The molecule has 1 aliphatic heterocycles. The third-order valence-electron chi connectivity index (χ3n) is 3.70. The zero-order valence-electron chi connectivity index (χ0n) is 11.0. The molecule has 2 unspecified atom stereocenters. The molecule has 18 heavy (non-hydrogen) atoms. The van der Waals surface area contributed by atoms with Gasteiger partial charge < -0.3 is 15.3 Å². The van der Waals surface area contributed by atoms with Crippen molar-refractivity contribution >= 4 is 15.9 Å². The molecule has 0 aromatic heterocycles. The molecule has 3 nitrogen and oxygen atoms in total. The quantitative estimate of drug-likeness (QED) is 0.900. The van der Waals surface area contributed by atoms with E-state index in [9.17, 15) is 5.11 Å². The summed E-state index contributed by atoms with van der Waals surface area (Å²) >= 11 is 3.44. The molecule has 1 aliphatic rings. The van der Waals surface area contributed by atoms with Crippen LogP contribution in [-0.4, -0.2) is 36.2 Å². The van der Waals surface area contributed by atoms with E-state index < -0.39 is 0 Å². The third-order valence-corrected chi connectivity index (χ3v) is 4.20. The molecular weight excluding hydrogens is 292 g/mol. The minimum absolute atomic E-state index is 0.367. The van der Waals surface area contributed by atoms with Gasteiger partial charge in [0.05, 0.1) is 0 Å². The van der Waals surface area contributed by atoms with Gasteiger partial charge in [0, 0.05) is 29.2 Å². The minimum Gasteiger partial charge on any atom is -0.508 e. The summed E-state index contributed by atoms with van der Waals surface area (Å²) in [5.41, 5.74) is 0.954. The van der Waals surface area contributed by atoms with E-state index in [-0.39, 0.29) is 0 Å². The molecule has 1 aromatic carbocycles. The van der Waals surface area contributed by atoms with E-state index in [1.54, 1.807) is 6.07 Å². The van der Waals surface area contributed by atoms with Crippen molar-refractivity contribution in [1.29, 1.82) is 0 Å².